The molecule has 0 atom stereocenters. The second kappa shape index (κ2) is 9.42. The third-order valence-electron chi connectivity index (χ3n) is 4.29. The average molecular weight is 456 g/mol. The van der Waals surface area contributed by atoms with E-state index in [0.29, 0.717) is 5.95 Å². The van der Waals surface area contributed by atoms with Gasteiger partial charge in [0.1, 0.15) is 11.6 Å². The monoisotopic (exact) mass is 455 g/mol. The van der Waals surface area contributed by atoms with E-state index in [1.165, 1.54) is 18.9 Å². The molecule has 1 amide bonds. The summed E-state index contributed by atoms with van der Waals surface area (Å²) in [5.74, 6) is 1.82. The SMILES string of the molecule is C=CC(=O)Nc1ccc2c(N3CCCC3)nc(C)nc2c1.Nc1ncc(Br)cn1. The van der Waals surface area contributed by atoms with Crippen LogP contribution in [0.25, 0.3) is 10.9 Å². The topological polar surface area (TPSA) is 110 Å². The Labute approximate surface area is 177 Å². The number of carbonyl (C=O) groups excluding carboxylic acids is 1. The van der Waals surface area contributed by atoms with Gasteiger partial charge in [0.25, 0.3) is 0 Å². The zero-order valence-electron chi connectivity index (χ0n) is 16.1. The van der Waals surface area contributed by atoms with Crippen LogP contribution in [0.1, 0.15) is 18.7 Å². The summed E-state index contributed by atoms with van der Waals surface area (Å²) in [6, 6.07) is 5.73. The molecule has 0 radical (unpaired) electrons. The largest absolute Gasteiger partial charge is 0.368 e. The minimum absolute atomic E-state index is 0.222. The van der Waals surface area contributed by atoms with Crippen molar-refractivity contribution in [1.29, 1.82) is 0 Å². The fourth-order valence-corrected chi connectivity index (χ4v) is 3.19. The van der Waals surface area contributed by atoms with E-state index in [-0.39, 0.29) is 5.91 Å². The van der Waals surface area contributed by atoms with Gasteiger partial charge in [0.15, 0.2) is 0 Å². The Morgan fingerprint density at radius 2 is 1.93 bits per heavy atom. The molecular weight excluding hydrogens is 434 g/mol. The van der Waals surface area contributed by atoms with Crippen LogP contribution in [0.4, 0.5) is 17.5 Å². The zero-order valence-corrected chi connectivity index (χ0v) is 17.7. The van der Waals surface area contributed by atoms with Gasteiger partial charge in [-0.2, -0.15) is 0 Å². The molecule has 8 nitrogen and oxygen atoms in total. The maximum absolute atomic E-state index is 11.4. The number of nitrogens with zero attached hydrogens (tertiary/aromatic N) is 5. The minimum atomic E-state index is -0.222. The van der Waals surface area contributed by atoms with E-state index in [4.69, 9.17) is 5.73 Å². The van der Waals surface area contributed by atoms with Crippen molar-refractivity contribution in [3.05, 3.63) is 53.5 Å². The molecular formula is C20H22BrN7O. The summed E-state index contributed by atoms with van der Waals surface area (Å²) in [6.07, 6.45) is 6.87. The second-order valence-electron chi connectivity index (χ2n) is 6.47. The van der Waals surface area contributed by atoms with Gasteiger partial charge in [0.05, 0.1) is 9.99 Å². The zero-order chi connectivity index (χ0) is 20.8. The van der Waals surface area contributed by atoms with E-state index in [1.54, 1.807) is 12.4 Å². The molecule has 1 saturated heterocycles. The number of hydrogen-bond acceptors (Lipinski definition) is 7. The molecule has 1 fully saturated rings. The Balaban J connectivity index is 0.000000252. The number of nitrogens with one attached hydrogen (secondary N) is 1. The Bertz CT molecular complexity index is 996. The van der Waals surface area contributed by atoms with Crippen LogP contribution in [-0.4, -0.2) is 38.9 Å². The second-order valence-corrected chi connectivity index (χ2v) is 7.39. The molecule has 2 aromatic heterocycles. The predicted molar refractivity (Wildman–Crippen MR) is 119 cm³/mol. The molecule has 1 aliphatic rings. The Morgan fingerprint density at radius 3 is 2.55 bits per heavy atom. The molecule has 0 unspecified atom stereocenters. The lowest BCUT2D eigenvalue weighted by Gasteiger charge is -2.19. The van der Waals surface area contributed by atoms with Gasteiger partial charge in [0.2, 0.25) is 11.9 Å². The molecule has 0 spiro atoms. The number of carbonyl (C=O) groups is 1. The molecule has 1 aromatic carbocycles. The van der Waals surface area contributed by atoms with Crippen molar-refractivity contribution in [2.24, 2.45) is 0 Å². The van der Waals surface area contributed by atoms with E-state index < -0.39 is 0 Å². The number of nitrogen functional groups attached to an aromatic ring is 1. The molecule has 1 aliphatic heterocycles. The summed E-state index contributed by atoms with van der Waals surface area (Å²) >= 11 is 3.16. The Morgan fingerprint density at radius 1 is 1.24 bits per heavy atom. The highest BCUT2D eigenvalue weighted by atomic mass is 79.9. The Kier molecular flexibility index (Phi) is 6.71. The average Bonchev–Trinajstić information content (AvgIpc) is 3.24. The number of hydrogen-bond donors (Lipinski definition) is 2. The van der Waals surface area contributed by atoms with Gasteiger partial charge in [-0.1, -0.05) is 6.58 Å². The first-order valence-electron chi connectivity index (χ1n) is 9.16. The minimum Gasteiger partial charge on any atom is -0.368 e. The molecule has 29 heavy (non-hydrogen) atoms. The maximum atomic E-state index is 11.4. The van der Waals surface area contributed by atoms with Gasteiger partial charge < -0.3 is 16.0 Å². The van der Waals surface area contributed by atoms with Gasteiger partial charge in [-0.25, -0.2) is 19.9 Å². The maximum Gasteiger partial charge on any atom is 0.247 e. The van der Waals surface area contributed by atoms with Crippen molar-refractivity contribution in [3.8, 4) is 0 Å². The molecule has 3 heterocycles. The standard InChI is InChI=1S/C16H18N4O.C4H4BrN3/c1-3-15(21)19-12-6-7-13-14(10-12)17-11(2)18-16(13)20-8-4-5-9-20;5-3-1-7-4(6)8-2-3/h3,6-7,10H,1,4-5,8-9H2,2H3,(H,19,21);1-2H,(H2,6,7,8). The molecule has 3 N–H and O–H groups in total. The highest BCUT2D eigenvalue weighted by Crippen LogP contribution is 2.28. The smallest absolute Gasteiger partial charge is 0.247 e. The molecule has 4 rings (SSSR count). The number of rotatable bonds is 3. The number of benzene rings is 1. The van der Waals surface area contributed by atoms with Gasteiger partial charge >= 0.3 is 0 Å². The predicted octanol–water partition coefficient (Wildman–Crippen LogP) is 3.48. The van der Waals surface area contributed by atoms with E-state index in [1.807, 2.05) is 25.1 Å². The third kappa shape index (κ3) is 5.47. The third-order valence-corrected chi connectivity index (χ3v) is 4.70. The van der Waals surface area contributed by atoms with Crippen molar-refractivity contribution >= 4 is 50.2 Å². The van der Waals surface area contributed by atoms with E-state index in [2.05, 4.69) is 52.7 Å². The van der Waals surface area contributed by atoms with Gasteiger partial charge in [-0.3, -0.25) is 4.79 Å². The van der Waals surface area contributed by atoms with Crippen LogP contribution < -0.4 is 16.0 Å². The van der Waals surface area contributed by atoms with Crippen molar-refractivity contribution in [2.75, 3.05) is 29.0 Å². The summed E-state index contributed by atoms with van der Waals surface area (Å²) in [6.45, 7) is 7.44. The molecule has 0 bridgehead atoms. The highest BCUT2D eigenvalue weighted by molar-refractivity contribution is 9.10. The Hall–Kier alpha value is -3.07. The summed E-state index contributed by atoms with van der Waals surface area (Å²) in [7, 11) is 0. The van der Waals surface area contributed by atoms with Gasteiger partial charge in [0, 0.05) is 36.6 Å². The van der Waals surface area contributed by atoms with Crippen LogP contribution >= 0.6 is 15.9 Å². The van der Waals surface area contributed by atoms with Crippen LogP contribution in [0.15, 0.2) is 47.7 Å². The van der Waals surface area contributed by atoms with E-state index >= 15 is 0 Å². The van der Waals surface area contributed by atoms with Crippen LogP contribution in [0.2, 0.25) is 0 Å². The summed E-state index contributed by atoms with van der Waals surface area (Å²) in [5.41, 5.74) is 6.76. The number of aryl methyl sites for hydroxylation is 1. The summed E-state index contributed by atoms with van der Waals surface area (Å²) in [5, 5.41) is 3.79. The lowest BCUT2D eigenvalue weighted by atomic mass is 10.2. The fraction of sp³-hybridized carbons (Fsp3) is 0.250. The molecule has 3 aromatic rings. The van der Waals surface area contributed by atoms with Crippen LogP contribution in [-0.2, 0) is 4.79 Å². The highest BCUT2D eigenvalue weighted by Gasteiger charge is 2.17. The van der Waals surface area contributed by atoms with Gasteiger partial charge in [-0.05, 0) is 60.0 Å². The van der Waals surface area contributed by atoms with E-state index in [9.17, 15) is 4.79 Å². The van der Waals surface area contributed by atoms with Crippen molar-refractivity contribution in [1.82, 2.24) is 19.9 Å². The van der Waals surface area contributed by atoms with E-state index in [0.717, 1.165) is 45.8 Å². The normalized spacial score (nSPS) is 13.0. The molecule has 150 valence electrons. The first kappa shape index (κ1) is 20.7. The summed E-state index contributed by atoms with van der Waals surface area (Å²) < 4.78 is 0.840. The van der Waals surface area contributed by atoms with Crippen LogP contribution in [0.3, 0.4) is 0 Å². The number of halogens is 1. The molecule has 0 saturated carbocycles. The lowest BCUT2D eigenvalue weighted by molar-refractivity contribution is -0.111. The number of amides is 1. The van der Waals surface area contributed by atoms with Crippen molar-refractivity contribution < 1.29 is 4.79 Å². The van der Waals surface area contributed by atoms with Crippen LogP contribution in [0, 0.1) is 6.92 Å². The lowest BCUT2D eigenvalue weighted by Crippen LogP contribution is -2.20. The quantitative estimate of drug-likeness (QED) is 0.581. The molecule has 0 aliphatic carbocycles. The number of anilines is 3. The fourth-order valence-electron chi connectivity index (χ4n) is 2.99. The molecule has 9 heteroatoms. The first-order chi connectivity index (χ1) is 14.0. The van der Waals surface area contributed by atoms with Gasteiger partial charge in [-0.15, -0.1) is 0 Å². The van der Waals surface area contributed by atoms with Crippen molar-refractivity contribution in [3.63, 3.8) is 0 Å². The first-order valence-corrected chi connectivity index (χ1v) is 9.95. The van der Waals surface area contributed by atoms with Crippen LogP contribution in [0.5, 0.6) is 0 Å². The van der Waals surface area contributed by atoms with Crippen molar-refractivity contribution in [2.45, 2.75) is 19.8 Å². The summed E-state index contributed by atoms with van der Waals surface area (Å²) in [4.78, 5) is 30.2. The number of fused-ring (bicyclic) bond motifs is 1. The number of nitrogens with two attached hydrogens (primary N) is 1. The number of aromatic nitrogens is 4.